The highest BCUT2D eigenvalue weighted by Gasteiger charge is 2.31. The van der Waals surface area contributed by atoms with Crippen LogP contribution in [0.2, 0.25) is 0 Å². The van der Waals surface area contributed by atoms with Gasteiger partial charge in [0.1, 0.15) is 17.6 Å². The van der Waals surface area contributed by atoms with Gasteiger partial charge < -0.3 is 25.4 Å². The van der Waals surface area contributed by atoms with Gasteiger partial charge in [-0.05, 0) is 32.1 Å². The zero-order valence-corrected chi connectivity index (χ0v) is 17.9. The third kappa shape index (κ3) is 4.55. The van der Waals surface area contributed by atoms with Crippen LogP contribution in [0.3, 0.4) is 0 Å². The molecular formula is C20H29N7O4. The van der Waals surface area contributed by atoms with Gasteiger partial charge in [0.25, 0.3) is 5.91 Å². The van der Waals surface area contributed by atoms with Gasteiger partial charge in [-0.25, -0.2) is 19.7 Å². The number of nitrogens with one attached hydrogen (secondary N) is 1. The van der Waals surface area contributed by atoms with Crippen molar-refractivity contribution in [2.45, 2.75) is 51.4 Å². The Balaban J connectivity index is 1.31. The predicted octanol–water partition coefficient (Wildman–Crippen LogP) is 1.24. The molecule has 2 fully saturated rings. The van der Waals surface area contributed by atoms with Crippen LogP contribution in [0.5, 0.6) is 0 Å². The maximum absolute atomic E-state index is 12.3. The van der Waals surface area contributed by atoms with Crippen molar-refractivity contribution in [2.24, 2.45) is 5.92 Å². The van der Waals surface area contributed by atoms with Crippen molar-refractivity contribution in [3.05, 3.63) is 12.2 Å². The smallest absolute Gasteiger partial charge is 0.410 e. The summed E-state index contributed by atoms with van der Waals surface area (Å²) in [7, 11) is 1.63. The molecule has 0 saturated carbocycles. The van der Waals surface area contributed by atoms with Crippen molar-refractivity contribution in [3.63, 3.8) is 0 Å². The van der Waals surface area contributed by atoms with Gasteiger partial charge in [0.15, 0.2) is 17.6 Å². The maximum atomic E-state index is 12.3. The Morgan fingerprint density at radius 3 is 2.77 bits per heavy atom. The second-order valence-corrected chi connectivity index (χ2v) is 8.11. The van der Waals surface area contributed by atoms with Crippen molar-refractivity contribution >= 4 is 29.0 Å². The van der Waals surface area contributed by atoms with Crippen LogP contribution in [0, 0.1) is 5.92 Å². The average Bonchev–Trinajstić information content (AvgIpc) is 3.38. The van der Waals surface area contributed by atoms with E-state index in [1.165, 1.54) is 0 Å². The van der Waals surface area contributed by atoms with Crippen LogP contribution < -0.4 is 11.1 Å². The molecule has 11 heteroatoms. The van der Waals surface area contributed by atoms with Gasteiger partial charge >= 0.3 is 6.09 Å². The highest BCUT2D eigenvalue weighted by atomic mass is 16.6. The summed E-state index contributed by atoms with van der Waals surface area (Å²) in [6.45, 7) is 3.72. The second kappa shape index (κ2) is 9.04. The number of ether oxygens (including phenoxy) is 2. The van der Waals surface area contributed by atoms with Crippen LogP contribution in [-0.2, 0) is 20.7 Å². The summed E-state index contributed by atoms with van der Waals surface area (Å²) in [6, 6.07) is 0. The Morgan fingerprint density at radius 1 is 1.32 bits per heavy atom. The average molecular weight is 431 g/mol. The summed E-state index contributed by atoms with van der Waals surface area (Å²) in [5, 5.41) is 2.68. The number of imidazole rings is 1. The number of anilines is 1. The molecule has 4 rings (SSSR count). The van der Waals surface area contributed by atoms with E-state index in [0.717, 1.165) is 19.3 Å². The molecule has 2 aromatic heterocycles. The number of hydrogen-bond donors (Lipinski definition) is 2. The number of carbonyl (C=O) groups excluding carboxylic acids is 2. The number of piperidine rings is 1. The van der Waals surface area contributed by atoms with Crippen LogP contribution in [0.25, 0.3) is 11.2 Å². The number of rotatable bonds is 6. The number of hydrogen-bond acceptors (Lipinski definition) is 8. The van der Waals surface area contributed by atoms with Crippen LogP contribution in [0.4, 0.5) is 10.6 Å². The Hall–Kier alpha value is -2.95. The van der Waals surface area contributed by atoms with Crippen molar-refractivity contribution < 1.29 is 19.1 Å². The summed E-state index contributed by atoms with van der Waals surface area (Å²) in [5.74, 6) is 1.31. The molecule has 0 radical (unpaired) electrons. The second-order valence-electron chi connectivity index (χ2n) is 8.11. The third-order valence-electron chi connectivity index (χ3n) is 6.12. The summed E-state index contributed by atoms with van der Waals surface area (Å²) in [4.78, 5) is 39.0. The standard InChI is InChI=1S/C20H29N7O4/c1-12(30-2)27-11-23-16-17(21)24-15(25-18(16)27)4-3-13-6-9-26(10-7-13)20(29)31-14-5-8-22-19(14)28/h11-14H,3-10H2,1-2H3,(H,22,28)(H2,21,24,25)/t12-,14?/m1/s1. The number of nitrogens with zero attached hydrogens (tertiary/aromatic N) is 5. The van der Waals surface area contributed by atoms with E-state index in [-0.39, 0.29) is 12.1 Å². The number of aromatic nitrogens is 4. The molecule has 0 bridgehead atoms. The van der Waals surface area contributed by atoms with Crippen molar-refractivity contribution in [3.8, 4) is 0 Å². The molecule has 0 spiro atoms. The van der Waals surface area contributed by atoms with Crippen LogP contribution in [0.1, 0.15) is 44.7 Å². The molecule has 2 saturated heterocycles. The van der Waals surface area contributed by atoms with E-state index >= 15 is 0 Å². The zero-order valence-electron chi connectivity index (χ0n) is 17.9. The molecule has 1 unspecified atom stereocenters. The Kier molecular flexibility index (Phi) is 6.21. The first-order chi connectivity index (χ1) is 15.0. The predicted molar refractivity (Wildman–Crippen MR) is 112 cm³/mol. The Bertz CT molecular complexity index is 954. The lowest BCUT2D eigenvalue weighted by molar-refractivity contribution is -0.126. The number of nitrogen functional groups attached to an aromatic ring is 1. The van der Waals surface area contributed by atoms with Gasteiger partial charge in [-0.15, -0.1) is 0 Å². The third-order valence-corrected chi connectivity index (χ3v) is 6.12. The minimum Gasteiger partial charge on any atom is -0.436 e. The van der Waals surface area contributed by atoms with Gasteiger partial charge in [-0.2, -0.15) is 0 Å². The molecule has 2 aliphatic rings. The molecule has 0 aliphatic carbocycles. The molecule has 31 heavy (non-hydrogen) atoms. The van der Waals surface area contributed by atoms with Crippen molar-refractivity contribution in [1.29, 1.82) is 0 Å². The summed E-state index contributed by atoms with van der Waals surface area (Å²) in [5.41, 5.74) is 7.35. The van der Waals surface area contributed by atoms with Gasteiger partial charge in [0.2, 0.25) is 0 Å². The molecule has 168 valence electrons. The van der Waals surface area contributed by atoms with Gasteiger partial charge in [0.05, 0.1) is 6.33 Å². The summed E-state index contributed by atoms with van der Waals surface area (Å²) >= 11 is 0. The molecule has 0 aromatic carbocycles. The normalized spacial score (nSPS) is 20.8. The molecule has 2 amide bonds. The van der Waals surface area contributed by atoms with E-state index in [1.54, 1.807) is 18.3 Å². The highest BCUT2D eigenvalue weighted by molar-refractivity contribution is 5.85. The highest BCUT2D eigenvalue weighted by Crippen LogP contribution is 2.25. The SMILES string of the molecule is CO[C@H](C)n1cnc2c(N)nc(CCC3CCN(C(=O)OC4CCNC4=O)CC3)nc21. The first kappa shape index (κ1) is 21.3. The molecule has 11 nitrogen and oxygen atoms in total. The fourth-order valence-corrected chi connectivity index (χ4v) is 4.09. The number of fused-ring (bicyclic) bond motifs is 1. The topological polar surface area (TPSA) is 137 Å². The lowest BCUT2D eigenvalue weighted by atomic mass is 9.92. The van der Waals surface area contributed by atoms with Gasteiger partial charge in [0, 0.05) is 39.6 Å². The molecular weight excluding hydrogens is 402 g/mol. The lowest BCUT2D eigenvalue weighted by Gasteiger charge is -2.31. The number of likely N-dealkylation sites (tertiary alicyclic amines) is 1. The lowest BCUT2D eigenvalue weighted by Crippen LogP contribution is -2.41. The molecule has 2 atom stereocenters. The van der Waals surface area contributed by atoms with E-state index in [2.05, 4.69) is 20.3 Å². The number of nitrogens with two attached hydrogens (primary N) is 1. The maximum Gasteiger partial charge on any atom is 0.410 e. The number of amides is 2. The van der Waals surface area contributed by atoms with E-state index < -0.39 is 12.2 Å². The number of aryl methyl sites for hydroxylation is 1. The van der Waals surface area contributed by atoms with Crippen LogP contribution in [-0.4, -0.2) is 69.3 Å². The summed E-state index contributed by atoms with van der Waals surface area (Å²) in [6.07, 6.45) is 4.31. The molecule has 2 aliphatic heterocycles. The van der Waals surface area contributed by atoms with Crippen molar-refractivity contribution in [2.75, 3.05) is 32.5 Å². The number of methoxy groups -OCH3 is 1. The first-order valence-corrected chi connectivity index (χ1v) is 10.7. The van der Waals surface area contributed by atoms with Gasteiger partial charge in [-0.3, -0.25) is 9.36 Å². The van der Waals surface area contributed by atoms with E-state index in [1.807, 2.05) is 11.5 Å². The fraction of sp³-hybridized carbons (Fsp3) is 0.650. The first-order valence-electron chi connectivity index (χ1n) is 10.7. The molecule has 3 N–H and O–H groups in total. The quantitative estimate of drug-likeness (QED) is 0.697. The number of carbonyl (C=O) groups is 2. The van der Waals surface area contributed by atoms with Crippen molar-refractivity contribution in [1.82, 2.24) is 29.7 Å². The summed E-state index contributed by atoms with van der Waals surface area (Å²) < 4.78 is 12.5. The fourth-order valence-electron chi connectivity index (χ4n) is 4.09. The van der Waals surface area contributed by atoms with E-state index in [4.69, 9.17) is 15.2 Å². The minimum absolute atomic E-state index is 0.202. The zero-order chi connectivity index (χ0) is 22.0. The molecule has 2 aromatic rings. The van der Waals surface area contributed by atoms with E-state index in [0.29, 0.717) is 61.2 Å². The molecule has 4 heterocycles. The largest absolute Gasteiger partial charge is 0.436 e. The Labute approximate surface area is 180 Å². The minimum atomic E-state index is -0.656. The van der Waals surface area contributed by atoms with Crippen LogP contribution >= 0.6 is 0 Å². The monoisotopic (exact) mass is 431 g/mol. The van der Waals surface area contributed by atoms with Crippen LogP contribution in [0.15, 0.2) is 6.33 Å². The van der Waals surface area contributed by atoms with E-state index in [9.17, 15) is 9.59 Å². The Morgan fingerprint density at radius 2 is 2.10 bits per heavy atom. The van der Waals surface area contributed by atoms with Gasteiger partial charge in [-0.1, -0.05) is 0 Å².